The molecule has 3 rings (SSSR count). The van der Waals surface area contributed by atoms with Crippen LogP contribution in [0.2, 0.25) is 0 Å². The van der Waals surface area contributed by atoms with Crippen molar-refractivity contribution in [2.45, 2.75) is 39.0 Å². The van der Waals surface area contributed by atoms with E-state index in [1.54, 1.807) is 0 Å². The molecule has 2 aromatic rings. The van der Waals surface area contributed by atoms with Crippen molar-refractivity contribution in [1.29, 1.82) is 0 Å². The van der Waals surface area contributed by atoms with E-state index in [9.17, 15) is 4.79 Å². The van der Waals surface area contributed by atoms with Crippen LogP contribution in [0.4, 0.5) is 0 Å². The summed E-state index contributed by atoms with van der Waals surface area (Å²) in [5.41, 5.74) is 5.23. The number of hydrogen-bond donors (Lipinski definition) is 0. The van der Waals surface area contributed by atoms with Crippen LogP contribution in [0.5, 0.6) is 0 Å². The highest BCUT2D eigenvalue weighted by atomic mass is 16.1. The lowest BCUT2D eigenvalue weighted by molar-refractivity contribution is 0.105. The molecule has 1 nitrogen and oxygen atoms in total. The molecule has 0 saturated heterocycles. The van der Waals surface area contributed by atoms with E-state index < -0.39 is 0 Å². The molecule has 0 radical (unpaired) electrons. The molecule has 1 fully saturated rings. The van der Waals surface area contributed by atoms with Crippen molar-refractivity contribution in [3.05, 3.63) is 76.9 Å². The fraction of sp³-hybridized carbons (Fsp3) is 0.286. The van der Waals surface area contributed by atoms with Gasteiger partial charge in [-0.1, -0.05) is 66.6 Å². The van der Waals surface area contributed by atoms with Gasteiger partial charge in [0.15, 0.2) is 5.78 Å². The van der Waals surface area contributed by atoms with Crippen molar-refractivity contribution in [2.75, 3.05) is 0 Å². The number of allylic oxidation sites excluding steroid dienone is 2. The Morgan fingerprint density at radius 2 is 1.45 bits per heavy atom. The fourth-order valence-electron chi connectivity index (χ4n) is 3.29. The molecule has 0 spiro atoms. The van der Waals surface area contributed by atoms with Gasteiger partial charge in [-0.15, -0.1) is 0 Å². The molecular weight excluding hydrogens is 268 g/mol. The molecule has 1 heteroatoms. The summed E-state index contributed by atoms with van der Waals surface area (Å²) >= 11 is 0. The minimum atomic E-state index is 0.182. The number of benzene rings is 2. The highest BCUT2D eigenvalue weighted by molar-refractivity contribution is 6.30. The highest BCUT2D eigenvalue weighted by Gasteiger charge is 2.21. The Balaban J connectivity index is 2.10. The molecule has 0 aromatic heterocycles. The van der Waals surface area contributed by atoms with E-state index in [4.69, 9.17) is 0 Å². The van der Waals surface area contributed by atoms with Crippen molar-refractivity contribution < 1.29 is 4.79 Å². The molecule has 1 aliphatic carbocycles. The zero-order valence-electron chi connectivity index (χ0n) is 13.1. The minimum Gasteiger partial charge on any atom is -0.289 e. The van der Waals surface area contributed by atoms with E-state index in [1.807, 2.05) is 49.4 Å². The Bertz CT molecular complexity index is 687. The first-order chi connectivity index (χ1) is 10.8. The molecule has 2 aromatic carbocycles. The van der Waals surface area contributed by atoms with Crippen molar-refractivity contribution in [1.82, 2.24) is 0 Å². The van der Waals surface area contributed by atoms with E-state index in [0.717, 1.165) is 35.1 Å². The van der Waals surface area contributed by atoms with Gasteiger partial charge in [0.2, 0.25) is 0 Å². The fourth-order valence-corrected chi connectivity index (χ4v) is 3.29. The van der Waals surface area contributed by atoms with Gasteiger partial charge in [0.25, 0.3) is 0 Å². The molecule has 0 unspecified atom stereocenters. The van der Waals surface area contributed by atoms with Gasteiger partial charge in [-0.3, -0.25) is 4.79 Å². The lowest BCUT2D eigenvalue weighted by Gasteiger charge is -2.19. The predicted molar refractivity (Wildman–Crippen MR) is 92.0 cm³/mol. The van der Waals surface area contributed by atoms with Crippen LogP contribution in [0, 0.1) is 6.92 Å². The van der Waals surface area contributed by atoms with Crippen LogP contribution in [0.15, 0.2) is 60.2 Å². The summed E-state index contributed by atoms with van der Waals surface area (Å²) in [6.45, 7) is 2.02. The number of aryl methyl sites for hydroxylation is 1. The Hall–Kier alpha value is -2.15. The summed E-state index contributed by atoms with van der Waals surface area (Å²) in [6, 6.07) is 18.1. The first kappa shape index (κ1) is 14.8. The molecule has 0 N–H and O–H groups in total. The standard InChI is InChI=1S/C21H22O/c1-16-10-8-9-15-19(16)21(22)20(17-11-4-2-5-12-17)18-13-6-3-7-14-18/h2,4-5,8-12,15H,3,6-7,13-14H2,1H3. The van der Waals surface area contributed by atoms with Gasteiger partial charge in [0.1, 0.15) is 0 Å². The lowest BCUT2D eigenvalue weighted by atomic mass is 9.84. The van der Waals surface area contributed by atoms with Gasteiger partial charge >= 0.3 is 0 Å². The minimum absolute atomic E-state index is 0.182. The summed E-state index contributed by atoms with van der Waals surface area (Å²) < 4.78 is 0. The number of carbonyl (C=O) groups excluding carboxylic acids is 1. The molecule has 0 aliphatic heterocycles. The van der Waals surface area contributed by atoms with Crippen LogP contribution in [0.1, 0.15) is 53.6 Å². The zero-order valence-corrected chi connectivity index (χ0v) is 13.1. The first-order valence-electron chi connectivity index (χ1n) is 8.15. The van der Waals surface area contributed by atoms with E-state index >= 15 is 0 Å². The molecule has 112 valence electrons. The number of rotatable bonds is 3. The third-order valence-electron chi connectivity index (χ3n) is 4.49. The van der Waals surface area contributed by atoms with Crippen molar-refractivity contribution in [3.63, 3.8) is 0 Å². The van der Waals surface area contributed by atoms with Crippen molar-refractivity contribution in [2.24, 2.45) is 0 Å². The molecule has 0 bridgehead atoms. The third kappa shape index (κ3) is 3.04. The molecule has 22 heavy (non-hydrogen) atoms. The van der Waals surface area contributed by atoms with Gasteiger partial charge < -0.3 is 0 Å². The van der Waals surface area contributed by atoms with E-state index in [2.05, 4.69) is 12.1 Å². The van der Waals surface area contributed by atoms with Crippen LogP contribution >= 0.6 is 0 Å². The summed E-state index contributed by atoms with van der Waals surface area (Å²) in [5.74, 6) is 0.182. The van der Waals surface area contributed by atoms with Crippen molar-refractivity contribution >= 4 is 11.4 Å². The highest BCUT2D eigenvalue weighted by Crippen LogP contribution is 2.33. The quantitative estimate of drug-likeness (QED) is 0.531. The van der Waals surface area contributed by atoms with Gasteiger partial charge in [0.05, 0.1) is 0 Å². The number of hydrogen-bond acceptors (Lipinski definition) is 1. The zero-order chi connectivity index (χ0) is 15.4. The second-order valence-electron chi connectivity index (χ2n) is 6.05. The Kier molecular flexibility index (Phi) is 4.53. The maximum atomic E-state index is 13.2. The maximum absolute atomic E-state index is 13.2. The summed E-state index contributed by atoms with van der Waals surface area (Å²) in [4.78, 5) is 13.2. The van der Waals surface area contributed by atoms with Gasteiger partial charge in [-0.2, -0.15) is 0 Å². The Labute approximate surface area is 132 Å². The van der Waals surface area contributed by atoms with E-state index in [-0.39, 0.29) is 5.78 Å². The lowest BCUT2D eigenvalue weighted by Crippen LogP contribution is -2.09. The number of Topliss-reactive ketones (excluding diaryl/α,β-unsaturated/α-hetero) is 1. The van der Waals surface area contributed by atoms with Crippen LogP contribution < -0.4 is 0 Å². The number of ketones is 1. The Morgan fingerprint density at radius 1 is 0.818 bits per heavy atom. The molecule has 1 saturated carbocycles. The summed E-state index contributed by atoms with van der Waals surface area (Å²) in [7, 11) is 0. The van der Waals surface area contributed by atoms with E-state index in [0.29, 0.717) is 0 Å². The van der Waals surface area contributed by atoms with Gasteiger partial charge in [-0.25, -0.2) is 0 Å². The molecule has 0 heterocycles. The SMILES string of the molecule is Cc1ccccc1C(=O)C(=C1CCCCC1)c1ccccc1. The largest absolute Gasteiger partial charge is 0.289 e. The molecule has 0 atom stereocenters. The van der Waals surface area contributed by atoms with Gasteiger partial charge in [0, 0.05) is 11.1 Å². The average molecular weight is 290 g/mol. The van der Waals surface area contributed by atoms with Crippen LogP contribution in [-0.4, -0.2) is 5.78 Å². The Morgan fingerprint density at radius 3 is 2.14 bits per heavy atom. The smallest absolute Gasteiger partial charge is 0.193 e. The topological polar surface area (TPSA) is 17.1 Å². The van der Waals surface area contributed by atoms with Crippen LogP contribution in [0.3, 0.4) is 0 Å². The second kappa shape index (κ2) is 6.74. The predicted octanol–water partition coefficient (Wildman–Crippen LogP) is 5.60. The monoisotopic (exact) mass is 290 g/mol. The maximum Gasteiger partial charge on any atom is 0.193 e. The molecular formula is C21H22O. The van der Waals surface area contributed by atoms with E-state index in [1.165, 1.54) is 24.8 Å². The first-order valence-corrected chi connectivity index (χ1v) is 8.15. The summed E-state index contributed by atoms with van der Waals surface area (Å²) in [5, 5.41) is 0. The second-order valence-corrected chi connectivity index (χ2v) is 6.05. The average Bonchev–Trinajstić information content (AvgIpc) is 2.57. The van der Waals surface area contributed by atoms with Crippen molar-refractivity contribution in [3.8, 4) is 0 Å². The normalized spacial score (nSPS) is 14.7. The summed E-state index contributed by atoms with van der Waals surface area (Å²) in [6.07, 6.45) is 5.80. The van der Waals surface area contributed by atoms with Gasteiger partial charge in [-0.05, 0) is 43.7 Å². The van der Waals surface area contributed by atoms with Crippen LogP contribution in [0.25, 0.3) is 5.57 Å². The molecule has 1 aliphatic rings. The number of carbonyl (C=O) groups is 1. The third-order valence-corrected chi connectivity index (χ3v) is 4.49. The van der Waals surface area contributed by atoms with Crippen LogP contribution in [-0.2, 0) is 0 Å². The molecule has 0 amide bonds.